The molecule has 2 heteroatoms. The average Bonchev–Trinajstić information content (AvgIpc) is 2.38. The van der Waals surface area contributed by atoms with Crippen LogP contribution in [0.2, 0.25) is 0 Å². The van der Waals surface area contributed by atoms with Crippen LogP contribution in [0.3, 0.4) is 0 Å². The van der Waals surface area contributed by atoms with Crippen molar-refractivity contribution in [2.75, 3.05) is 7.05 Å². The van der Waals surface area contributed by atoms with Crippen LogP contribution in [0, 0.1) is 0 Å². The molecule has 0 aromatic heterocycles. The second kappa shape index (κ2) is 5.19. The van der Waals surface area contributed by atoms with Crippen molar-refractivity contribution in [3.63, 3.8) is 0 Å². The van der Waals surface area contributed by atoms with Crippen LogP contribution in [0.4, 0.5) is 0 Å². The highest BCUT2D eigenvalue weighted by atomic mass is 16.3. The van der Waals surface area contributed by atoms with Gasteiger partial charge < -0.3 is 10.4 Å². The lowest BCUT2D eigenvalue weighted by atomic mass is 9.85. The van der Waals surface area contributed by atoms with E-state index in [4.69, 9.17) is 0 Å². The van der Waals surface area contributed by atoms with Crippen LogP contribution in [0.1, 0.15) is 51.7 Å². The molecule has 0 radical (unpaired) electrons. The number of rotatable bonds is 5. The fraction of sp³-hybridized carbons (Fsp3) is 0.600. The third-order valence-corrected chi connectivity index (χ3v) is 4.07. The van der Waals surface area contributed by atoms with Gasteiger partial charge in [0.05, 0.1) is 5.60 Å². The number of aliphatic hydroxyl groups is 1. The van der Waals surface area contributed by atoms with Crippen molar-refractivity contribution in [1.82, 2.24) is 5.32 Å². The Labute approximate surface area is 105 Å². The molecule has 0 fully saturated rings. The van der Waals surface area contributed by atoms with Crippen molar-refractivity contribution in [3.8, 4) is 0 Å². The molecule has 1 rings (SSSR count). The lowest BCUT2D eigenvalue weighted by molar-refractivity contribution is 0.0529. The fourth-order valence-corrected chi connectivity index (χ4v) is 1.93. The Balaban J connectivity index is 3.18. The average molecular weight is 235 g/mol. The second-order valence-electron chi connectivity index (χ2n) is 5.14. The molecule has 0 saturated carbocycles. The second-order valence-corrected chi connectivity index (χ2v) is 5.14. The summed E-state index contributed by atoms with van der Waals surface area (Å²) >= 11 is 0. The Hall–Kier alpha value is -0.860. The van der Waals surface area contributed by atoms with Crippen LogP contribution in [-0.4, -0.2) is 12.2 Å². The summed E-state index contributed by atoms with van der Waals surface area (Å²) in [7, 11) is 1.98. The summed E-state index contributed by atoms with van der Waals surface area (Å²) < 4.78 is 0. The van der Waals surface area contributed by atoms with Crippen molar-refractivity contribution >= 4 is 0 Å². The van der Waals surface area contributed by atoms with Crippen LogP contribution < -0.4 is 5.32 Å². The topological polar surface area (TPSA) is 32.3 Å². The Morgan fingerprint density at radius 1 is 1.12 bits per heavy atom. The highest BCUT2D eigenvalue weighted by Gasteiger charge is 2.25. The van der Waals surface area contributed by atoms with Crippen LogP contribution in [-0.2, 0) is 11.1 Å². The Bertz CT molecular complexity index is 367. The van der Waals surface area contributed by atoms with E-state index in [1.54, 1.807) is 0 Å². The summed E-state index contributed by atoms with van der Waals surface area (Å²) in [6, 6.07) is 8.26. The lowest BCUT2D eigenvalue weighted by Gasteiger charge is -2.30. The first-order valence-electron chi connectivity index (χ1n) is 6.42. The summed E-state index contributed by atoms with van der Waals surface area (Å²) in [6.07, 6.45) is 1.74. The highest BCUT2D eigenvalue weighted by molar-refractivity contribution is 5.32. The predicted octanol–water partition coefficient (Wildman–Crippen LogP) is 3.15. The van der Waals surface area contributed by atoms with E-state index in [2.05, 4.69) is 31.3 Å². The van der Waals surface area contributed by atoms with Crippen LogP contribution >= 0.6 is 0 Å². The SMILES string of the molecule is CCC(C)(O)c1cccc(C(C)(CC)NC)c1. The molecule has 1 aromatic carbocycles. The minimum atomic E-state index is -0.738. The Kier molecular flexibility index (Phi) is 4.34. The molecular formula is C15H25NO. The summed E-state index contributed by atoms with van der Waals surface area (Å²) in [4.78, 5) is 0. The van der Waals surface area contributed by atoms with Gasteiger partial charge in [0.25, 0.3) is 0 Å². The molecule has 0 aliphatic rings. The number of nitrogens with one attached hydrogen (secondary N) is 1. The van der Waals surface area contributed by atoms with E-state index < -0.39 is 5.60 Å². The molecule has 0 bridgehead atoms. The molecular weight excluding hydrogens is 210 g/mol. The maximum atomic E-state index is 10.3. The third-order valence-electron chi connectivity index (χ3n) is 4.07. The van der Waals surface area contributed by atoms with Crippen molar-refractivity contribution in [2.45, 2.75) is 51.7 Å². The molecule has 17 heavy (non-hydrogen) atoms. The fourth-order valence-electron chi connectivity index (χ4n) is 1.93. The van der Waals surface area contributed by atoms with Crippen molar-refractivity contribution in [1.29, 1.82) is 0 Å². The molecule has 0 spiro atoms. The van der Waals surface area contributed by atoms with E-state index in [-0.39, 0.29) is 5.54 Å². The first kappa shape index (κ1) is 14.2. The number of hydrogen-bond acceptors (Lipinski definition) is 2. The van der Waals surface area contributed by atoms with Crippen LogP contribution in [0.5, 0.6) is 0 Å². The van der Waals surface area contributed by atoms with Gasteiger partial charge >= 0.3 is 0 Å². The predicted molar refractivity (Wildman–Crippen MR) is 73.0 cm³/mol. The van der Waals surface area contributed by atoms with Crippen LogP contribution in [0.15, 0.2) is 24.3 Å². The summed E-state index contributed by atoms with van der Waals surface area (Å²) in [6.45, 7) is 8.23. The van der Waals surface area contributed by atoms with Gasteiger partial charge in [-0.3, -0.25) is 0 Å². The van der Waals surface area contributed by atoms with Crippen LogP contribution in [0.25, 0.3) is 0 Å². The normalized spacial score (nSPS) is 18.5. The lowest BCUT2D eigenvalue weighted by Crippen LogP contribution is -2.36. The van der Waals surface area contributed by atoms with E-state index in [0.29, 0.717) is 0 Å². The Morgan fingerprint density at radius 3 is 2.18 bits per heavy atom. The molecule has 0 amide bonds. The molecule has 2 atom stereocenters. The summed E-state index contributed by atoms with van der Waals surface area (Å²) in [5, 5.41) is 13.7. The van der Waals surface area contributed by atoms with Gasteiger partial charge in [-0.2, -0.15) is 0 Å². The molecule has 2 unspecified atom stereocenters. The monoisotopic (exact) mass is 235 g/mol. The van der Waals surface area contributed by atoms with Gasteiger partial charge in [-0.25, -0.2) is 0 Å². The molecule has 0 saturated heterocycles. The zero-order valence-electron chi connectivity index (χ0n) is 11.7. The summed E-state index contributed by atoms with van der Waals surface area (Å²) in [5.41, 5.74) is 1.46. The van der Waals surface area contributed by atoms with E-state index in [0.717, 1.165) is 18.4 Å². The zero-order chi connectivity index (χ0) is 13.1. The van der Waals surface area contributed by atoms with E-state index >= 15 is 0 Å². The van der Waals surface area contributed by atoms with Gasteiger partial charge in [0.1, 0.15) is 0 Å². The first-order valence-corrected chi connectivity index (χ1v) is 6.42. The largest absolute Gasteiger partial charge is 0.385 e. The molecule has 0 aliphatic carbocycles. The molecule has 2 nitrogen and oxygen atoms in total. The van der Waals surface area contributed by atoms with E-state index in [9.17, 15) is 5.11 Å². The quantitative estimate of drug-likeness (QED) is 0.821. The molecule has 2 N–H and O–H groups in total. The zero-order valence-corrected chi connectivity index (χ0v) is 11.7. The molecule has 0 aliphatic heterocycles. The standard InChI is InChI=1S/C15H25NO/c1-6-14(3,16-5)12-9-8-10-13(11-12)15(4,17)7-2/h8-11,16-17H,6-7H2,1-5H3. The highest BCUT2D eigenvalue weighted by Crippen LogP contribution is 2.30. The van der Waals surface area contributed by atoms with Gasteiger partial charge in [0.15, 0.2) is 0 Å². The van der Waals surface area contributed by atoms with Crippen molar-refractivity contribution in [3.05, 3.63) is 35.4 Å². The van der Waals surface area contributed by atoms with Gasteiger partial charge in [-0.1, -0.05) is 38.1 Å². The minimum absolute atomic E-state index is 0.0279. The maximum Gasteiger partial charge on any atom is 0.0866 e. The van der Waals surface area contributed by atoms with E-state index in [1.165, 1.54) is 5.56 Å². The molecule has 1 aromatic rings. The summed E-state index contributed by atoms with van der Waals surface area (Å²) in [5.74, 6) is 0. The van der Waals surface area contributed by atoms with E-state index in [1.807, 2.05) is 33.0 Å². The third kappa shape index (κ3) is 2.88. The molecule has 96 valence electrons. The number of hydrogen-bond donors (Lipinski definition) is 2. The minimum Gasteiger partial charge on any atom is -0.385 e. The van der Waals surface area contributed by atoms with Gasteiger partial charge in [0.2, 0.25) is 0 Å². The number of benzene rings is 1. The van der Waals surface area contributed by atoms with Gasteiger partial charge in [-0.05, 0) is 44.9 Å². The molecule has 0 heterocycles. The van der Waals surface area contributed by atoms with Crippen molar-refractivity contribution < 1.29 is 5.11 Å². The maximum absolute atomic E-state index is 10.3. The van der Waals surface area contributed by atoms with Crippen molar-refractivity contribution in [2.24, 2.45) is 0 Å². The first-order chi connectivity index (χ1) is 7.89. The Morgan fingerprint density at radius 2 is 1.71 bits per heavy atom. The van der Waals surface area contributed by atoms with Gasteiger partial charge in [0, 0.05) is 5.54 Å². The van der Waals surface area contributed by atoms with Gasteiger partial charge in [-0.15, -0.1) is 0 Å². The smallest absolute Gasteiger partial charge is 0.0866 e.